The predicted octanol–water partition coefficient (Wildman–Crippen LogP) is 1.00. The van der Waals surface area contributed by atoms with Gasteiger partial charge in [0, 0.05) is 23.9 Å². The molecule has 0 unspecified atom stereocenters. The molecule has 21 heavy (non-hydrogen) atoms. The van der Waals surface area contributed by atoms with Crippen LogP contribution in [0.3, 0.4) is 0 Å². The van der Waals surface area contributed by atoms with Gasteiger partial charge in [0.1, 0.15) is 11.6 Å². The first-order chi connectivity index (χ1) is 10.2. The van der Waals surface area contributed by atoms with Gasteiger partial charge >= 0.3 is 0 Å². The zero-order chi connectivity index (χ0) is 14.4. The molecule has 104 valence electrons. The Kier molecular flexibility index (Phi) is 2.35. The number of carbonyl (C=O) groups excluding carboxylic acids is 2. The van der Waals surface area contributed by atoms with Crippen molar-refractivity contribution in [3.63, 3.8) is 0 Å². The molecule has 2 aliphatic rings. The van der Waals surface area contributed by atoms with Gasteiger partial charge in [0.15, 0.2) is 0 Å². The topological polar surface area (TPSA) is 81.2 Å². The van der Waals surface area contributed by atoms with Gasteiger partial charge in [0.2, 0.25) is 5.91 Å². The van der Waals surface area contributed by atoms with Gasteiger partial charge in [-0.2, -0.15) is 0 Å². The maximum Gasteiger partial charge on any atom is 0.298 e. The maximum absolute atomic E-state index is 12.5. The van der Waals surface area contributed by atoms with E-state index in [4.69, 9.17) is 4.74 Å². The molecule has 1 atom stereocenters. The van der Waals surface area contributed by atoms with E-state index in [0.29, 0.717) is 30.9 Å². The summed E-state index contributed by atoms with van der Waals surface area (Å²) in [5.74, 6) is 0.970. The Bertz CT molecular complexity index is 775. The SMILES string of the molecule is O=COc1cnc2c(c1)C[C@@]1(C2)C(=O)Nc2ncccc21. The molecule has 1 aliphatic heterocycles. The number of amides is 1. The fourth-order valence-electron chi connectivity index (χ4n) is 3.21. The van der Waals surface area contributed by atoms with E-state index in [1.807, 2.05) is 12.1 Å². The van der Waals surface area contributed by atoms with Crippen LogP contribution >= 0.6 is 0 Å². The molecule has 2 aromatic heterocycles. The van der Waals surface area contributed by atoms with Crippen LogP contribution in [0.1, 0.15) is 16.8 Å². The van der Waals surface area contributed by atoms with Crippen LogP contribution in [0.4, 0.5) is 5.82 Å². The number of pyridine rings is 2. The number of rotatable bonds is 2. The molecule has 2 aromatic rings. The zero-order valence-electron chi connectivity index (χ0n) is 11.0. The molecule has 1 aliphatic carbocycles. The minimum Gasteiger partial charge on any atom is -0.427 e. The number of hydrogen-bond donors (Lipinski definition) is 1. The normalized spacial score (nSPS) is 21.8. The molecule has 6 nitrogen and oxygen atoms in total. The predicted molar refractivity (Wildman–Crippen MR) is 72.9 cm³/mol. The highest BCUT2D eigenvalue weighted by Crippen LogP contribution is 2.46. The number of fused-ring (bicyclic) bond motifs is 3. The van der Waals surface area contributed by atoms with E-state index >= 15 is 0 Å². The first kappa shape index (κ1) is 12.0. The summed E-state index contributed by atoms with van der Waals surface area (Å²) in [6.45, 7) is 0.371. The lowest BCUT2D eigenvalue weighted by molar-refractivity contribution is -0.121. The number of nitrogens with zero attached hydrogens (tertiary/aromatic N) is 2. The number of nitrogens with one attached hydrogen (secondary N) is 1. The lowest BCUT2D eigenvalue weighted by atomic mass is 9.80. The third-order valence-corrected chi connectivity index (χ3v) is 4.17. The lowest BCUT2D eigenvalue weighted by Crippen LogP contribution is -2.35. The summed E-state index contributed by atoms with van der Waals surface area (Å²) in [4.78, 5) is 31.4. The molecule has 0 fully saturated rings. The quantitative estimate of drug-likeness (QED) is 0.830. The summed E-state index contributed by atoms with van der Waals surface area (Å²) in [5.41, 5.74) is 2.06. The molecule has 4 rings (SSSR count). The highest BCUT2D eigenvalue weighted by atomic mass is 16.5. The van der Waals surface area contributed by atoms with Gasteiger partial charge < -0.3 is 10.1 Å². The van der Waals surface area contributed by atoms with Gasteiger partial charge in [0.05, 0.1) is 11.6 Å². The molecule has 1 amide bonds. The van der Waals surface area contributed by atoms with E-state index in [0.717, 1.165) is 16.8 Å². The second kappa shape index (κ2) is 4.12. The standard InChI is InChI=1S/C15H11N3O3/c19-8-21-10-4-9-5-15(6-12(9)17-7-10)11-2-1-3-16-13(11)18-14(15)20/h1-4,7-8H,5-6H2,(H,16,18,20)/t15-/m0/s1. The lowest BCUT2D eigenvalue weighted by Gasteiger charge is -2.19. The van der Waals surface area contributed by atoms with Gasteiger partial charge in [-0.15, -0.1) is 0 Å². The molecule has 0 aromatic carbocycles. The van der Waals surface area contributed by atoms with Crippen LogP contribution in [-0.4, -0.2) is 22.3 Å². The van der Waals surface area contributed by atoms with Crippen LogP contribution in [0.2, 0.25) is 0 Å². The Labute approximate surface area is 120 Å². The molecule has 0 bridgehead atoms. The number of carbonyl (C=O) groups is 2. The van der Waals surface area contributed by atoms with Gasteiger partial charge in [-0.25, -0.2) is 4.98 Å². The van der Waals surface area contributed by atoms with Crippen molar-refractivity contribution in [2.75, 3.05) is 5.32 Å². The maximum atomic E-state index is 12.5. The van der Waals surface area contributed by atoms with Crippen LogP contribution in [-0.2, 0) is 27.8 Å². The molecule has 0 saturated heterocycles. The van der Waals surface area contributed by atoms with Gasteiger partial charge in [0.25, 0.3) is 6.47 Å². The van der Waals surface area contributed by atoms with E-state index in [2.05, 4.69) is 15.3 Å². The highest BCUT2D eigenvalue weighted by Gasteiger charge is 2.51. The van der Waals surface area contributed by atoms with E-state index in [9.17, 15) is 9.59 Å². The number of hydrogen-bond acceptors (Lipinski definition) is 5. The van der Waals surface area contributed by atoms with Gasteiger partial charge in [-0.1, -0.05) is 6.07 Å². The third-order valence-electron chi connectivity index (χ3n) is 4.17. The molecule has 3 heterocycles. The number of aromatic nitrogens is 2. The van der Waals surface area contributed by atoms with Gasteiger partial charge in [-0.05, 0) is 24.1 Å². The Balaban J connectivity index is 1.79. The summed E-state index contributed by atoms with van der Waals surface area (Å²) in [6.07, 6.45) is 4.24. The van der Waals surface area contributed by atoms with Crippen molar-refractivity contribution in [2.24, 2.45) is 0 Å². The van der Waals surface area contributed by atoms with E-state index in [-0.39, 0.29) is 5.91 Å². The van der Waals surface area contributed by atoms with Crippen molar-refractivity contribution in [3.05, 3.63) is 47.4 Å². The number of ether oxygens (including phenoxy) is 1. The monoisotopic (exact) mass is 281 g/mol. The summed E-state index contributed by atoms with van der Waals surface area (Å²) in [5, 5.41) is 2.84. The summed E-state index contributed by atoms with van der Waals surface area (Å²) in [7, 11) is 0. The smallest absolute Gasteiger partial charge is 0.298 e. The second-order valence-electron chi connectivity index (χ2n) is 5.28. The first-order valence-electron chi connectivity index (χ1n) is 6.58. The molecule has 0 saturated carbocycles. The fourth-order valence-corrected chi connectivity index (χ4v) is 3.21. The Morgan fingerprint density at radius 1 is 1.33 bits per heavy atom. The van der Waals surface area contributed by atoms with Crippen molar-refractivity contribution >= 4 is 18.2 Å². The summed E-state index contributed by atoms with van der Waals surface area (Å²) >= 11 is 0. The summed E-state index contributed by atoms with van der Waals surface area (Å²) in [6, 6.07) is 5.53. The Morgan fingerprint density at radius 3 is 3.10 bits per heavy atom. The minimum absolute atomic E-state index is 0.0490. The molecular weight excluding hydrogens is 270 g/mol. The largest absolute Gasteiger partial charge is 0.427 e. The van der Waals surface area contributed by atoms with Gasteiger partial charge in [-0.3, -0.25) is 14.6 Å². The van der Waals surface area contributed by atoms with Crippen LogP contribution in [0.5, 0.6) is 5.75 Å². The minimum atomic E-state index is -0.640. The van der Waals surface area contributed by atoms with Crippen molar-refractivity contribution in [1.29, 1.82) is 0 Å². The highest BCUT2D eigenvalue weighted by molar-refractivity contribution is 6.06. The fraction of sp³-hybridized carbons (Fsp3) is 0.200. The van der Waals surface area contributed by atoms with E-state index in [1.165, 1.54) is 6.20 Å². The van der Waals surface area contributed by atoms with Crippen molar-refractivity contribution in [3.8, 4) is 5.75 Å². The van der Waals surface area contributed by atoms with Crippen LogP contribution in [0.15, 0.2) is 30.6 Å². The molecular formula is C15H11N3O3. The van der Waals surface area contributed by atoms with Crippen LogP contribution < -0.4 is 10.1 Å². The zero-order valence-corrected chi connectivity index (χ0v) is 11.0. The Hall–Kier alpha value is -2.76. The van der Waals surface area contributed by atoms with Crippen molar-refractivity contribution in [2.45, 2.75) is 18.3 Å². The molecule has 1 N–H and O–H groups in total. The average molecular weight is 281 g/mol. The van der Waals surface area contributed by atoms with Crippen LogP contribution in [0.25, 0.3) is 0 Å². The van der Waals surface area contributed by atoms with Crippen molar-refractivity contribution in [1.82, 2.24) is 9.97 Å². The van der Waals surface area contributed by atoms with Crippen molar-refractivity contribution < 1.29 is 14.3 Å². The molecule has 1 spiro atoms. The average Bonchev–Trinajstić information content (AvgIpc) is 2.99. The second-order valence-corrected chi connectivity index (χ2v) is 5.28. The number of anilines is 1. The van der Waals surface area contributed by atoms with E-state index < -0.39 is 5.41 Å². The van der Waals surface area contributed by atoms with E-state index in [1.54, 1.807) is 12.3 Å². The third kappa shape index (κ3) is 1.59. The van der Waals surface area contributed by atoms with Crippen LogP contribution in [0, 0.1) is 0 Å². The molecule has 0 radical (unpaired) electrons. The molecule has 6 heteroatoms. The Morgan fingerprint density at radius 2 is 2.24 bits per heavy atom. The first-order valence-corrected chi connectivity index (χ1v) is 6.58. The summed E-state index contributed by atoms with van der Waals surface area (Å²) < 4.78 is 4.82.